The van der Waals surface area contributed by atoms with E-state index >= 15 is 0 Å². The first kappa shape index (κ1) is 16.2. The van der Waals surface area contributed by atoms with Crippen LogP contribution in [-0.2, 0) is 6.42 Å². The summed E-state index contributed by atoms with van der Waals surface area (Å²) in [6.07, 6.45) is 3.12. The van der Waals surface area contributed by atoms with Crippen LogP contribution in [0.25, 0.3) is 11.0 Å². The number of methoxy groups -OCH3 is 1. The first-order valence-electron chi connectivity index (χ1n) is 7.77. The molecule has 0 N–H and O–H groups in total. The lowest BCUT2D eigenvalue weighted by molar-refractivity contribution is 0.333. The van der Waals surface area contributed by atoms with Crippen LogP contribution < -0.4 is 4.74 Å². The number of aromatic nitrogens is 2. The third kappa shape index (κ3) is 3.03. The average Bonchev–Trinajstić information content (AvgIpc) is 2.86. The van der Waals surface area contributed by atoms with Crippen LogP contribution in [0.15, 0.2) is 18.2 Å². The highest BCUT2D eigenvalue weighted by molar-refractivity contribution is 6.17. The molecule has 1 atom stereocenters. The molecule has 1 aromatic heterocycles. The number of imidazole rings is 1. The molecule has 0 spiro atoms. The van der Waals surface area contributed by atoms with Crippen molar-refractivity contribution in [3.05, 3.63) is 24.0 Å². The highest BCUT2D eigenvalue weighted by atomic mass is 35.5. The van der Waals surface area contributed by atoms with Gasteiger partial charge in [0.25, 0.3) is 0 Å². The number of halogens is 1. The molecule has 0 amide bonds. The lowest BCUT2D eigenvalue weighted by Gasteiger charge is -2.25. The molecule has 4 heteroatoms. The van der Waals surface area contributed by atoms with Crippen molar-refractivity contribution in [1.82, 2.24) is 9.55 Å². The quantitative estimate of drug-likeness (QED) is 0.685. The molecule has 1 aromatic carbocycles. The molecule has 1 unspecified atom stereocenters. The smallest absolute Gasteiger partial charge is 0.146 e. The van der Waals surface area contributed by atoms with Gasteiger partial charge in [0.05, 0.1) is 12.6 Å². The first-order chi connectivity index (χ1) is 10.2. The van der Waals surface area contributed by atoms with Gasteiger partial charge < -0.3 is 9.30 Å². The molecule has 3 nitrogen and oxygen atoms in total. The SMILES string of the molecule is CCC(CC)C(C)n1c(CCCl)nc2c(OC)cccc21. The van der Waals surface area contributed by atoms with E-state index < -0.39 is 0 Å². The molecule has 0 aliphatic rings. The van der Waals surface area contributed by atoms with Gasteiger partial charge in [-0.15, -0.1) is 11.6 Å². The lowest BCUT2D eigenvalue weighted by Crippen LogP contribution is -2.18. The summed E-state index contributed by atoms with van der Waals surface area (Å²) < 4.78 is 7.82. The van der Waals surface area contributed by atoms with E-state index in [-0.39, 0.29) is 0 Å². The van der Waals surface area contributed by atoms with Gasteiger partial charge in [-0.05, 0) is 25.0 Å². The van der Waals surface area contributed by atoms with Gasteiger partial charge in [-0.1, -0.05) is 32.8 Å². The first-order valence-corrected chi connectivity index (χ1v) is 8.31. The van der Waals surface area contributed by atoms with E-state index in [1.54, 1.807) is 7.11 Å². The molecule has 21 heavy (non-hydrogen) atoms. The number of rotatable bonds is 7. The zero-order valence-electron chi connectivity index (χ0n) is 13.4. The molecule has 0 saturated heterocycles. The van der Waals surface area contributed by atoms with E-state index in [9.17, 15) is 0 Å². The predicted molar refractivity (Wildman–Crippen MR) is 89.5 cm³/mol. The molecule has 0 saturated carbocycles. The highest BCUT2D eigenvalue weighted by Gasteiger charge is 2.22. The van der Waals surface area contributed by atoms with Crippen LogP contribution in [0, 0.1) is 5.92 Å². The van der Waals surface area contributed by atoms with Gasteiger partial charge in [0.1, 0.15) is 17.1 Å². The normalized spacial score (nSPS) is 13.0. The minimum atomic E-state index is 0.412. The van der Waals surface area contributed by atoms with Crippen molar-refractivity contribution < 1.29 is 4.74 Å². The van der Waals surface area contributed by atoms with Crippen LogP contribution in [0.5, 0.6) is 5.75 Å². The minimum absolute atomic E-state index is 0.412. The maximum Gasteiger partial charge on any atom is 0.146 e. The second kappa shape index (κ2) is 7.17. The van der Waals surface area contributed by atoms with E-state index in [1.165, 1.54) is 12.8 Å². The van der Waals surface area contributed by atoms with Crippen LogP contribution in [0.3, 0.4) is 0 Å². The van der Waals surface area contributed by atoms with Crippen LogP contribution in [0.2, 0.25) is 0 Å². The van der Waals surface area contributed by atoms with E-state index in [0.29, 0.717) is 17.8 Å². The van der Waals surface area contributed by atoms with Crippen LogP contribution in [-0.4, -0.2) is 22.5 Å². The Morgan fingerprint density at radius 3 is 2.57 bits per heavy atom. The molecule has 2 aromatic rings. The molecule has 0 bridgehead atoms. The van der Waals surface area contributed by atoms with Crippen molar-refractivity contribution in [2.24, 2.45) is 5.92 Å². The summed E-state index contributed by atoms with van der Waals surface area (Å²) in [5, 5.41) is 0. The zero-order chi connectivity index (χ0) is 15.4. The maximum atomic E-state index is 5.98. The summed E-state index contributed by atoms with van der Waals surface area (Å²) >= 11 is 5.98. The number of hydrogen-bond donors (Lipinski definition) is 0. The lowest BCUT2D eigenvalue weighted by atomic mass is 9.95. The standard InChI is InChI=1S/C17H25ClN2O/c1-5-13(6-2)12(3)20-14-8-7-9-15(21-4)17(14)19-16(20)10-11-18/h7-9,12-13H,5-6,10-11H2,1-4H3. The third-order valence-corrected chi connectivity index (χ3v) is 4.62. The molecule has 116 valence electrons. The Morgan fingerprint density at radius 1 is 1.29 bits per heavy atom. The fraction of sp³-hybridized carbons (Fsp3) is 0.588. The molecule has 2 rings (SSSR count). The van der Waals surface area contributed by atoms with Gasteiger partial charge in [-0.2, -0.15) is 0 Å². The topological polar surface area (TPSA) is 27.1 Å². The molecule has 0 aliphatic heterocycles. The molecule has 0 radical (unpaired) electrons. The van der Waals surface area contributed by atoms with Crippen molar-refractivity contribution in [2.45, 2.75) is 46.1 Å². The largest absolute Gasteiger partial charge is 0.494 e. The summed E-state index contributed by atoms with van der Waals surface area (Å²) in [5.41, 5.74) is 2.09. The summed E-state index contributed by atoms with van der Waals surface area (Å²) in [6, 6.07) is 6.53. The average molecular weight is 309 g/mol. The number of alkyl halides is 1. The molecule has 0 aliphatic carbocycles. The number of aryl methyl sites for hydroxylation is 1. The molecule has 0 fully saturated rings. The fourth-order valence-corrected chi connectivity index (χ4v) is 3.37. The van der Waals surface area contributed by atoms with Crippen molar-refractivity contribution in [1.29, 1.82) is 0 Å². The second-order valence-corrected chi connectivity index (χ2v) is 5.86. The molecular formula is C17H25ClN2O. The Morgan fingerprint density at radius 2 is 2.00 bits per heavy atom. The predicted octanol–water partition coefficient (Wildman–Crippen LogP) is 4.82. The Kier molecular flexibility index (Phi) is 5.51. The van der Waals surface area contributed by atoms with Crippen molar-refractivity contribution in [2.75, 3.05) is 13.0 Å². The zero-order valence-corrected chi connectivity index (χ0v) is 14.2. The molecule has 1 heterocycles. The fourth-order valence-electron chi connectivity index (χ4n) is 3.20. The van der Waals surface area contributed by atoms with Crippen molar-refractivity contribution in [3.8, 4) is 5.75 Å². The second-order valence-electron chi connectivity index (χ2n) is 5.48. The summed E-state index contributed by atoms with van der Waals surface area (Å²) in [6.45, 7) is 6.80. The van der Waals surface area contributed by atoms with Crippen LogP contribution >= 0.6 is 11.6 Å². The van der Waals surface area contributed by atoms with E-state index in [4.69, 9.17) is 21.3 Å². The monoisotopic (exact) mass is 308 g/mol. The van der Waals surface area contributed by atoms with Gasteiger partial charge in [-0.3, -0.25) is 0 Å². The number of nitrogens with zero attached hydrogens (tertiary/aromatic N) is 2. The summed E-state index contributed by atoms with van der Waals surface area (Å²) in [7, 11) is 1.69. The number of ether oxygens (including phenoxy) is 1. The highest BCUT2D eigenvalue weighted by Crippen LogP contribution is 2.33. The summed E-state index contributed by atoms with van der Waals surface area (Å²) in [5.74, 6) is 3.12. The Hall–Kier alpha value is -1.22. The number of para-hydroxylation sites is 1. The number of hydrogen-bond acceptors (Lipinski definition) is 2. The van der Waals surface area contributed by atoms with Gasteiger partial charge >= 0.3 is 0 Å². The van der Waals surface area contributed by atoms with Crippen molar-refractivity contribution >= 4 is 22.6 Å². The van der Waals surface area contributed by atoms with Crippen LogP contribution in [0.1, 0.15) is 45.5 Å². The maximum absolute atomic E-state index is 5.98. The van der Waals surface area contributed by atoms with Crippen LogP contribution in [0.4, 0.5) is 0 Å². The van der Waals surface area contributed by atoms with E-state index in [0.717, 1.165) is 29.0 Å². The van der Waals surface area contributed by atoms with E-state index in [2.05, 4.69) is 31.4 Å². The third-order valence-electron chi connectivity index (χ3n) is 4.43. The van der Waals surface area contributed by atoms with Crippen molar-refractivity contribution in [3.63, 3.8) is 0 Å². The van der Waals surface area contributed by atoms with Gasteiger partial charge in [0.15, 0.2) is 0 Å². The van der Waals surface area contributed by atoms with Gasteiger partial charge in [-0.25, -0.2) is 4.98 Å². The number of fused-ring (bicyclic) bond motifs is 1. The van der Waals surface area contributed by atoms with E-state index in [1.807, 2.05) is 12.1 Å². The Labute approximate surface area is 132 Å². The minimum Gasteiger partial charge on any atom is -0.494 e. The van der Waals surface area contributed by atoms with Gasteiger partial charge in [0.2, 0.25) is 0 Å². The summed E-state index contributed by atoms with van der Waals surface area (Å²) in [4.78, 5) is 4.80. The van der Waals surface area contributed by atoms with Gasteiger partial charge in [0, 0.05) is 18.3 Å². The Bertz CT molecular complexity index is 590. The Balaban J connectivity index is 2.61. The number of benzene rings is 1. The molecular weight excluding hydrogens is 284 g/mol.